The van der Waals surface area contributed by atoms with Crippen LogP contribution in [-0.4, -0.2) is 31.3 Å². The molecule has 0 N–H and O–H groups in total. The third-order valence-electron chi connectivity index (χ3n) is 3.72. The predicted octanol–water partition coefficient (Wildman–Crippen LogP) is 2.63. The van der Waals surface area contributed by atoms with Gasteiger partial charge in [-0.25, -0.2) is 0 Å². The molecule has 1 aliphatic heterocycles. The first-order valence-corrected chi connectivity index (χ1v) is 6.50. The van der Waals surface area contributed by atoms with E-state index in [1.807, 2.05) is 0 Å². The Hall–Kier alpha value is -1.15. The molecule has 0 radical (unpaired) electrons. The number of likely N-dealkylation sites (tertiary alicyclic amines) is 1. The van der Waals surface area contributed by atoms with Crippen molar-refractivity contribution in [3.8, 4) is 0 Å². The summed E-state index contributed by atoms with van der Waals surface area (Å²) in [7, 11) is 2.19. The van der Waals surface area contributed by atoms with Crippen molar-refractivity contribution in [2.45, 2.75) is 31.6 Å². The molecule has 1 aromatic rings. The van der Waals surface area contributed by atoms with E-state index in [1.165, 1.54) is 37.1 Å². The fraction of sp³-hybridized carbons (Fsp3) is 0.533. The molecule has 1 heterocycles. The zero-order valence-electron chi connectivity index (χ0n) is 10.6. The maximum Gasteiger partial charge on any atom is 0.120 e. The molecule has 17 heavy (non-hydrogen) atoms. The van der Waals surface area contributed by atoms with Crippen LogP contribution >= 0.6 is 0 Å². The number of piperidine rings is 1. The first-order valence-electron chi connectivity index (χ1n) is 6.50. The second-order valence-electron chi connectivity index (χ2n) is 5.02. The number of benzene rings is 1. The van der Waals surface area contributed by atoms with Crippen LogP contribution in [0.5, 0.6) is 0 Å². The number of aryl methyl sites for hydroxylation is 1. The molecule has 1 saturated heterocycles. The first-order chi connectivity index (χ1) is 8.29. The summed E-state index contributed by atoms with van der Waals surface area (Å²) in [5, 5.41) is 0. The Kier molecular flexibility index (Phi) is 4.32. The SMILES string of the molecule is CN1CCC(c2ccc(CCC=O)cc2)CC1. The van der Waals surface area contributed by atoms with Gasteiger partial charge in [0.05, 0.1) is 0 Å². The van der Waals surface area contributed by atoms with Crippen molar-refractivity contribution >= 4 is 6.29 Å². The molecule has 0 aliphatic carbocycles. The van der Waals surface area contributed by atoms with Crippen LogP contribution < -0.4 is 0 Å². The van der Waals surface area contributed by atoms with Crippen LogP contribution in [-0.2, 0) is 11.2 Å². The van der Waals surface area contributed by atoms with Gasteiger partial charge in [0.2, 0.25) is 0 Å². The van der Waals surface area contributed by atoms with Gasteiger partial charge in [0.15, 0.2) is 0 Å². The van der Waals surface area contributed by atoms with Crippen LogP contribution in [0.3, 0.4) is 0 Å². The van der Waals surface area contributed by atoms with E-state index in [1.54, 1.807) is 0 Å². The van der Waals surface area contributed by atoms with Gasteiger partial charge in [-0.3, -0.25) is 0 Å². The molecule has 0 spiro atoms. The van der Waals surface area contributed by atoms with Crippen molar-refractivity contribution < 1.29 is 4.79 Å². The highest BCUT2D eigenvalue weighted by molar-refractivity contribution is 5.50. The highest BCUT2D eigenvalue weighted by Crippen LogP contribution is 2.27. The lowest BCUT2D eigenvalue weighted by Crippen LogP contribution is -2.29. The molecule has 1 fully saturated rings. The van der Waals surface area contributed by atoms with Gasteiger partial charge in [-0.05, 0) is 56.4 Å². The van der Waals surface area contributed by atoms with E-state index in [4.69, 9.17) is 0 Å². The summed E-state index contributed by atoms with van der Waals surface area (Å²) < 4.78 is 0. The Labute approximate surface area is 104 Å². The van der Waals surface area contributed by atoms with Gasteiger partial charge >= 0.3 is 0 Å². The quantitative estimate of drug-likeness (QED) is 0.742. The topological polar surface area (TPSA) is 20.3 Å². The minimum absolute atomic E-state index is 0.633. The number of hydrogen-bond acceptors (Lipinski definition) is 2. The Morgan fingerprint density at radius 1 is 1.24 bits per heavy atom. The number of carbonyl (C=O) groups excluding carboxylic acids is 1. The fourth-order valence-corrected chi connectivity index (χ4v) is 2.52. The zero-order chi connectivity index (χ0) is 12.1. The molecule has 0 atom stereocenters. The van der Waals surface area contributed by atoms with E-state index in [-0.39, 0.29) is 0 Å². The van der Waals surface area contributed by atoms with Crippen molar-refractivity contribution in [1.29, 1.82) is 0 Å². The minimum atomic E-state index is 0.633. The first kappa shape index (κ1) is 12.3. The zero-order valence-corrected chi connectivity index (χ0v) is 10.6. The number of rotatable bonds is 4. The summed E-state index contributed by atoms with van der Waals surface area (Å²) in [6, 6.07) is 8.85. The van der Waals surface area contributed by atoms with Crippen molar-refractivity contribution in [3.05, 3.63) is 35.4 Å². The van der Waals surface area contributed by atoms with Crippen LogP contribution in [0.4, 0.5) is 0 Å². The van der Waals surface area contributed by atoms with Gasteiger partial charge in [0.1, 0.15) is 6.29 Å². The Bertz CT molecular complexity index is 350. The van der Waals surface area contributed by atoms with E-state index in [0.29, 0.717) is 6.42 Å². The van der Waals surface area contributed by atoms with Gasteiger partial charge in [-0.15, -0.1) is 0 Å². The van der Waals surface area contributed by atoms with E-state index in [9.17, 15) is 4.79 Å². The van der Waals surface area contributed by atoms with E-state index in [2.05, 4.69) is 36.2 Å². The lowest BCUT2D eigenvalue weighted by molar-refractivity contribution is -0.107. The molecule has 92 valence electrons. The van der Waals surface area contributed by atoms with Crippen molar-refractivity contribution in [3.63, 3.8) is 0 Å². The Morgan fingerprint density at radius 2 is 1.88 bits per heavy atom. The molecule has 0 saturated carbocycles. The molecule has 2 nitrogen and oxygen atoms in total. The third-order valence-corrected chi connectivity index (χ3v) is 3.72. The fourth-order valence-electron chi connectivity index (χ4n) is 2.52. The second kappa shape index (κ2) is 5.97. The van der Waals surface area contributed by atoms with Crippen molar-refractivity contribution in [2.75, 3.05) is 20.1 Å². The number of hydrogen-bond donors (Lipinski definition) is 0. The minimum Gasteiger partial charge on any atom is -0.306 e. The van der Waals surface area contributed by atoms with Gasteiger partial charge in [-0.2, -0.15) is 0 Å². The molecule has 1 aromatic carbocycles. The van der Waals surface area contributed by atoms with Crippen LogP contribution in [0.1, 0.15) is 36.3 Å². The molecule has 0 bridgehead atoms. The van der Waals surface area contributed by atoms with Crippen molar-refractivity contribution in [2.24, 2.45) is 0 Å². The molecular weight excluding hydrogens is 210 g/mol. The van der Waals surface area contributed by atoms with Crippen LogP contribution in [0, 0.1) is 0 Å². The van der Waals surface area contributed by atoms with E-state index < -0.39 is 0 Å². The van der Waals surface area contributed by atoms with Crippen molar-refractivity contribution in [1.82, 2.24) is 4.90 Å². The van der Waals surface area contributed by atoms with E-state index in [0.717, 1.165) is 18.6 Å². The summed E-state index contributed by atoms with van der Waals surface area (Å²) in [5.74, 6) is 0.728. The average Bonchev–Trinajstić information content (AvgIpc) is 2.38. The number of nitrogens with zero attached hydrogens (tertiary/aromatic N) is 1. The summed E-state index contributed by atoms with van der Waals surface area (Å²) in [5.41, 5.74) is 2.74. The summed E-state index contributed by atoms with van der Waals surface area (Å²) >= 11 is 0. The molecule has 0 unspecified atom stereocenters. The van der Waals surface area contributed by atoms with Gasteiger partial charge in [0, 0.05) is 6.42 Å². The van der Waals surface area contributed by atoms with Crippen LogP contribution in [0.15, 0.2) is 24.3 Å². The smallest absolute Gasteiger partial charge is 0.120 e. The highest BCUT2D eigenvalue weighted by atomic mass is 16.1. The third kappa shape index (κ3) is 3.40. The molecular formula is C15H21NO. The maximum absolute atomic E-state index is 10.3. The van der Waals surface area contributed by atoms with Gasteiger partial charge in [-0.1, -0.05) is 24.3 Å². The molecule has 2 heteroatoms. The normalized spacial score (nSPS) is 18.2. The van der Waals surface area contributed by atoms with E-state index >= 15 is 0 Å². The summed E-state index contributed by atoms with van der Waals surface area (Å²) in [4.78, 5) is 12.7. The van der Waals surface area contributed by atoms with Crippen LogP contribution in [0.25, 0.3) is 0 Å². The predicted molar refractivity (Wildman–Crippen MR) is 70.3 cm³/mol. The lowest BCUT2D eigenvalue weighted by Gasteiger charge is -2.29. The average molecular weight is 231 g/mol. The van der Waals surface area contributed by atoms with Crippen LogP contribution in [0.2, 0.25) is 0 Å². The lowest BCUT2D eigenvalue weighted by atomic mass is 9.89. The van der Waals surface area contributed by atoms with Gasteiger partial charge in [0.25, 0.3) is 0 Å². The largest absolute Gasteiger partial charge is 0.306 e. The number of aldehydes is 1. The summed E-state index contributed by atoms with van der Waals surface area (Å²) in [6.45, 7) is 2.41. The molecule has 2 rings (SSSR count). The van der Waals surface area contributed by atoms with Gasteiger partial charge < -0.3 is 9.69 Å². The monoisotopic (exact) mass is 231 g/mol. The molecule has 0 amide bonds. The Morgan fingerprint density at radius 3 is 2.47 bits per heavy atom. The highest BCUT2D eigenvalue weighted by Gasteiger charge is 2.17. The maximum atomic E-state index is 10.3. The summed E-state index contributed by atoms with van der Waals surface area (Å²) in [6.07, 6.45) is 5.03. The number of carbonyl (C=O) groups is 1. The Balaban J connectivity index is 1.95. The second-order valence-corrected chi connectivity index (χ2v) is 5.02. The standard InChI is InChI=1S/C15H21NO/c1-16-10-8-15(9-11-16)14-6-4-13(5-7-14)3-2-12-17/h4-7,12,15H,2-3,8-11H2,1H3. The molecule has 1 aliphatic rings. The molecule has 0 aromatic heterocycles.